The van der Waals surface area contributed by atoms with E-state index in [2.05, 4.69) is 46.6 Å². The van der Waals surface area contributed by atoms with E-state index in [1.165, 1.54) is 5.56 Å². The molecule has 2 aromatic heterocycles. The minimum atomic E-state index is -0.673. The molecule has 5 rings (SSSR count). The van der Waals surface area contributed by atoms with Crippen LogP contribution in [0, 0.1) is 0 Å². The number of pyridine rings is 1. The van der Waals surface area contributed by atoms with Crippen LogP contribution in [0.5, 0.6) is 0 Å². The Kier molecular flexibility index (Phi) is 8.07. The number of carbonyl (C=O) groups is 1. The fraction of sp³-hybridized carbons (Fsp3) is 0.355. The quantitative estimate of drug-likeness (QED) is 0.225. The molecule has 1 atom stereocenters. The molecule has 1 unspecified atom stereocenters. The third kappa shape index (κ3) is 5.28. The van der Waals surface area contributed by atoms with Gasteiger partial charge < -0.3 is 16.4 Å². The van der Waals surface area contributed by atoms with Crippen molar-refractivity contribution in [3.63, 3.8) is 0 Å². The fourth-order valence-corrected chi connectivity index (χ4v) is 6.23. The summed E-state index contributed by atoms with van der Waals surface area (Å²) in [5.41, 5.74) is 8.10. The van der Waals surface area contributed by atoms with E-state index in [1.54, 1.807) is 10.8 Å². The van der Waals surface area contributed by atoms with E-state index in [9.17, 15) is 9.59 Å². The number of aromatic nitrogens is 3. The number of anilines is 2. The normalized spacial score (nSPS) is 15.6. The topological polar surface area (TPSA) is 115 Å². The SMILES string of the molecule is CCC1(CC)CC(C(=O)NCc2ccc3c(N)nccc3c2)n2c1c(Cl)nc(NCCCc1ccccc1)c2=O. The maximum atomic E-state index is 13.7. The zero-order valence-corrected chi connectivity index (χ0v) is 23.7. The van der Waals surface area contributed by atoms with E-state index in [0.29, 0.717) is 31.0 Å². The molecule has 0 fully saturated rings. The molecule has 0 spiro atoms. The standard InChI is InChI=1S/C31H35ClN6O2/c1-3-31(4-2)18-24(29(39)36-19-21-12-13-23-22(17-21)14-16-34-27(23)33)38-25(31)26(32)37-28(30(38)40)35-15-8-11-20-9-6-5-7-10-20/h5-7,9-10,12-14,16-17,24H,3-4,8,11,15,18-19H2,1-2H3,(H2,33,34)(H,35,37)(H,36,39). The van der Waals surface area contributed by atoms with Crippen LogP contribution in [0.1, 0.15) is 62.4 Å². The average molecular weight is 559 g/mol. The van der Waals surface area contributed by atoms with Crippen molar-refractivity contribution < 1.29 is 4.79 Å². The van der Waals surface area contributed by atoms with Crippen molar-refractivity contribution in [1.82, 2.24) is 19.9 Å². The Morgan fingerprint density at radius 3 is 2.65 bits per heavy atom. The molecular weight excluding hydrogens is 524 g/mol. The monoisotopic (exact) mass is 558 g/mol. The number of aryl methyl sites for hydroxylation is 1. The summed E-state index contributed by atoms with van der Waals surface area (Å²) >= 11 is 6.75. The van der Waals surface area contributed by atoms with Gasteiger partial charge in [-0.25, -0.2) is 9.97 Å². The molecule has 0 aliphatic carbocycles. The van der Waals surface area contributed by atoms with Crippen molar-refractivity contribution >= 4 is 39.9 Å². The first-order valence-corrected chi connectivity index (χ1v) is 14.3. The summed E-state index contributed by atoms with van der Waals surface area (Å²) in [5.74, 6) is 0.447. The smallest absolute Gasteiger partial charge is 0.294 e. The number of nitrogen functional groups attached to an aromatic ring is 1. The highest BCUT2D eigenvalue weighted by Gasteiger charge is 2.47. The van der Waals surface area contributed by atoms with Crippen LogP contribution in [0.3, 0.4) is 0 Å². The Hall–Kier alpha value is -3.91. The second kappa shape index (κ2) is 11.7. The molecule has 0 radical (unpaired) electrons. The molecule has 40 heavy (non-hydrogen) atoms. The molecule has 1 aliphatic rings. The third-order valence-electron chi connectivity index (χ3n) is 8.23. The van der Waals surface area contributed by atoms with Crippen molar-refractivity contribution in [1.29, 1.82) is 0 Å². The summed E-state index contributed by atoms with van der Waals surface area (Å²) in [4.78, 5) is 36.0. The molecule has 8 nitrogen and oxygen atoms in total. The number of carbonyl (C=O) groups excluding carboxylic acids is 1. The van der Waals surface area contributed by atoms with E-state index in [1.807, 2.05) is 42.5 Å². The first-order valence-electron chi connectivity index (χ1n) is 13.9. The molecule has 2 aromatic carbocycles. The van der Waals surface area contributed by atoms with Gasteiger partial charge in [0.1, 0.15) is 11.9 Å². The summed E-state index contributed by atoms with van der Waals surface area (Å²) in [6.45, 7) is 5.03. The van der Waals surface area contributed by atoms with Crippen LogP contribution in [0.4, 0.5) is 11.6 Å². The summed E-state index contributed by atoms with van der Waals surface area (Å²) < 4.78 is 1.59. The van der Waals surface area contributed by atoms with E-state index in [0.717, 1.165) is 42.0 Å². The molecular formula is C31H35ClN6O2. The highest BCUT2D eigenvalue weighted by atomic mass is 35.5. The fourth-order valence-electron chi connectivity index (χ4n) is 5.85. The Labute approximate surface area is 239 Å². The highest BCUT2D eigenvalue weighted by Crippen LogP contribution is 2.47. The third-order valence-corrected chi connectivity index (χ3v) is 8.49. The van der Waals surface area contributed by atoms with Gasteiger partial charge in [-0.1, -0.05) is 67.9 Å². The van der Waals surface area contributed by atoms with Crippen molar-refractivity contribution in [3.05, 3.63) is 93.1 Å². The van der Waals surface area contributed by atoms with Gasteiger partial charge in [0.15, 0.2) is 11.0 Å². The lowest BCUT2D eigenvalue weighted by molar-refractivity contribution is -0.124. The summed E-state index contributed by atoms with van der Waals surface area (Å²) in [6, 6.07) is 17.2. The van der Waals surface area contributed by atoms with Gasteiger partial charge in [0.05, 0.1) is 5.69 Å². The molecule has 0 saturated heterocycles. The number of nitrogens with one attached hydrogen (secondary N) is 2. The summed E-state index contributed by atoms with van der Waals surface area (Å²) in [7, 11) is 0. The second-order valence-corrected chi connectivity index (χ2v) is 10.8. The van der Waals surface area contributed by atoms with Crippen molar-refractivity contribution in [2.24, 2.45) is 0 Å². The van der Waals surface area contributed by atoms with E-state index in [4.69, 9.17) is 17.3 Å². The number of hydrogen-bond donors (Lipinski definition) is 3. The zero-order chi connectivity index (χ0) is 28.3. The highest BCUT2D eigenvalue weighted by molar-refractivity contribution is 6.30. The molecule has 1 amide bonds. The predicted octanol–water partition coefficient (Wildman–Crippen LogP) is 5.39. The molecule has 208 valence electrons. The first kappa shape index (κ1) is 27.6. The number of halogens is 1. The summed E-state index contributed by atoms with van der Waals surface area (Å²) in [5, 5.41) is 8.34. The van der Waals surface area contributed by atoms with Crippen LogP contribution in [-0.4, -0.2) is 27.0 Å². The van der Waals surface area contributed by atoms with Gasteiger partial charge in [-0.15, -0.1) is 0 Å². The number of fused-ring (bicyclic) bond motifs is 2. The van der Waals surface area contributed by atoms with Crippen LogP contribution in [-0.2, 0) is 23.2 Å². The van der Waals surface area contributed by atoms with Gasteiger partial charge in [0, 0.05) is 30.1 Å². The lowest BCUT2D eigenvalue weighted by Gasteiger charge is -2.27. The number of amides is 1. The van der Waals surface area contributed by atoms with Gasteiger partial charge >= 0.3 is 0 Å². The number of benzene rings is 2. The van der Waals surface area contributed by atoms with Crippen LogP contribution < -0.4 is 21.9 Å². The largest absolute Gasteiger partial charge is 0.383 e. The van der Waals surface area contributed by atoms with Crippen LogP contribution >= 0.6 is 11.6 Å². The van der Waals surface area contributed by atoms with E-state index < -0.39 is 11.5 Å². The van der Waals surface area contributed by atoms with Crippen LogP contribution in [0.2, 0.25) is 5.15 Å². The van der Waals surface area contributed by atoms with Gasteiger partial charge in [-0.2, -0.15) is 0 Å². The predicted molar refractivity (Wildman–Crippen MR) is 161 cm³/mol. The van der Waals surface area contributed by atoms with Gasteiger partial charge in [-0.3, -0.25) is 14.2 Å². The van der Waals surface area contributed by atoms with Gasteiger partial charge in [-0.05, 0) is 60.7 Å². The van der Waals surface area contributed by atoms with Crippen LogP contribution in [0.25, 0.3) is 10.8 Å². The van der Waals surface area contributed by atoms with Crippen molar-refractivity contribution in [2.75, 3.05) is 17.6 Å². The molecule has 4 N–H and O–H groups in total. The zero-order valence-electron chi connectivity index (χ0n) is 22.9. The molecule has 3 heterocycles. The maximum Gasteiger partial charge on any atom is 0.294 e. The van der Waals surface area contributed by atoms with E-state index in [-0.39, 0.29) is 22.4 Å². The minimum absolute atomic E-state index is 0.184. The number of rotatable bonds is 10. The second-order valence-electron chi connectivity index (χ2n) is 10.5. The average Bonchev–Trinajstić information content (AvgIpc) is 3.34. The number of nitrogens with two attached hydrogens (primary N) is 1. The first-order chi connectivity index (χ1) is 19.4. The van der Waals surface area contributed by atoms with Crippen molar-refractivity contribution in [2.45, 2.75) is 64.0 Å². The lowest BCUT2D eigenvalue weighted by Crippen LogP contribution is -2.36. The Balaban J connectivity index is 1.37. The number of nitrogens with zero attached hydrogens (tertiary/aromatic N) is 3. The Morgan fingerprint density at radius 2 is 1.90 bits per heavy atom. The molecule has 9 heteroatoms. The summed E-state index contributed by atoms with van der Waals surface area (Å²) in [6.07, 6.45) is 5.37. The molecule has 0 saturated carbocycles. The maximum absolute atomic E-state index is 13.7. The minimum Gasteiger partial charge on any atom is -0.383 e. The molecule has 4 aromatic rings. The molecule has 0 bridgehead atoms. The Bertz CT molecular complexity index is 1580. The molecule has 1 aliphatic heterocycles. The van der Waals surface area contributed by atoms with Crippen molar-refractivity contribution in [3.8, 4) is 0 Å². The lowest BCUT2D eigenvalue weighted by atomic mass is 9.77. The Morgan fingerprint density at radius 1 is 1.12 bits per heavy atom. The van der Waals surface area contributed by atoms with Gasteiger partial charge in [0.25, 0.3) is 5.56 Å². The van der Waals surface area contributed by atoms with Crippen LogP contribution in [0.15, 0.2) is 65.6 Å². The number of hydrogen-bond acceptors (Lipinski definition) is 6. The van der Waals surface area contributed by atoms with Gasteiger partial charge in [0.2, 0.25) is 5.91 Å². The van der Waals surface area contributed by atoms with E-state index >= 15 is 0 Å².